The average molecular weight is 315 g/mol. The van der Waals surface area contributed by atoms with Crippen LogP contribution >= 0.6 is 15.9 Å². The van der Waals surface area contributed by atoms with E-state index >= 15 is 0 Å². The lowest BCUT2D eigenvalue weighted by Crippen LogP contribution is -2.12. The number of nitrogens with zero attached hydrogens (tertiary/aromatic N) is 1. The maximum absolute atomic E-state index is 10.7. The van der Waals surface area contributed by atoms with Crippen molar-refractivity contribution >= 4 is 28.1 Å². The van der Waals surface area contributed by atoms with Gasteiger partial charge in [0.05, 0.1) is 19.9 Å². The number of halogens is 1. The van der Waals surface area contributed by atoms with Crippen molar-refractivity contribution in [3.05, 3.63) is 22.2 Å². The molecule has 0 heterocycles. The highest BCUT2D eigenvalue weighted by Gasteiger charge is 2.08. The third-order valence-electron chi connectivity index (χ3n) is 2.01. The van der Waals surface area contributed by atoms with E-state index in [-0.39, 0.29) is 5.91 Å². The minimum atomic E-state index is -0.222. The zero-order chi connectivity index (χ0) is 13.5. The van der Waals surface area contributed by atoms with Gasteiger partial charge >= 0.3 is 0 Å². The van der Waals surface area contributed by atoms with E-state index in [4.69, 9.17) is 9.47 Å². The molecule has 0 aliphatic heterocycles. The molecule has 1 amide bonds. The molecular weight excluding hydrogens is 300 g/mol. The minimum Gasteiger partial charge on any atom is -0.493 e. The number of hydrogen-bond donors (Lipinski definition) is 1. The van der Waals surface area contributed by atoms with E-state index in [1.54, 1.807) is 19.2 Å². The summed E-state index contributed by atoms with van der Waals surface area (Å²) in [5.41, 5.74) is 3.12. The summed E-state index contributed by atoms with van der Waals surface area (Å²) in [5.74, 6) is 1.05. The SMILES string of the molecule is CCOc1cc(Br)c(/C=N/NC(C)=O)cc1OC. The highest BCUT2D eigenvalue weighted by Crippen LogP contribution is 2.32. The van der Waals surface area contributed by atoms with E-state index in [2.05, 4.69) is 26.5 Å². The highest BCUT2D eigenvalue weighted by atomic mass is 79.9. The van der Waals surface area contributed by atoms with Gasteiger partial charge in [0.1, 0.15) is 0 Å². The number of amides is 1. The van der Waals surface area contributed by atoms with Gasteiger partial charge in [0.25, 0.3) is 0 Å². The number of benzene rings is 1. The molecular formula is C12H15BrN2O3. The topological polar surface area (TPSA) is 59.9 Å². The third-order valence-corrected chi connectivity index (χ3v) is 2.70. The predicted molar refractivity (Wildman–Crippen MR) is 73.3 cm³/mol. The van der Waals surface area contributed by atoms with Crippen molar-refractivity contribution < 1.29 is 14.3 Å². The Hall–Kier alpha value is -1.56. The normalized spacial score (nSPS) is 10.4. The summed E-state index contributed by atoms with van der Waals surface area (Å²) in [7, 11) is 1.57. The molecule has 98 valence electrons. The first-order valence-corrected chi connectivity index (χ1v) is 6.17. The van der Waals surface area contributed by atoms with E-state index in [0.29, 0.717) is 18.1 Å². The Balaban J connectivity index is 2.99. The van der Waals surface area contributed by atoms with Crippen LogP contribution in [-0.4, -0.2) is 25.8 Å². The molecule has 0 aromatic heterocycles. The number of methoxy groups -OCH3 is 1. The summed E-state index contributed by atoms with van der Waals surface area (Å²) in [4.78, 5) is 10.7. The molecule has 0 saturated heterocycles. The molecule has 5 nitrogen and oxygen atoms in total. The molecule has 1 rings (SSSR count). The minimum absolute atomic E-state index is 0.222. The summed E-state index contributed by atoms with van der Waals surface area (Å²) in [5, 5.41) is 3.80. The molecule has 0 bridgehead atoms. The number of ether oxygens (including phenoxy) is 2. The zero-order valence-corrected chi connectivity index (χ0v) is 12.1. The van der Waals surface area contributed by atoms with Crippen LogP contribution in [0, 0.1) is 0 Å². The van der Waals surface area contributed by atoms with Crippen LogP contribution in [0.4, 0.5) is 0 Å². The molecule has 0 saturated carbocycles. The fourth-order valence-electron chi connectivity index (χ4n) is 1.27. The summed E-state index contributed by atoms with van der Waals surface area (Å²) >= 11 is 3.41. The Morgan fingerprint density at radius 3 is 2.78 bits per heavy atom. The van der Waals surface area contributed by atoms with Crippen LogP contribution in [0.15, 0.2) is 21.7 Å². The lowest BCUT2D eigenvalue weighted by Gasteiger charge is -2.11. The van der Waals surface area contributed by atoms with Crippen LogP contribution in [0.25, 0.3) is 0 Å². The van der Waals surface area contributed by atoms with Crippen molar-refractivity contribution in [3.8, 4) is 11.5 Å². The van der Waals surface area contributed by atoms with E-state index in [1.165, 1.54) is 13.1 Å². The largest absolute Gasteiger partial charge is 0.493 e. The van der Waals surface area contributed by atoms with Crippen molar-refractivity contribution in [3.63, 3.8) is 0 Å². The first-order chi connectivity index (χ1) is 8.58. The lowest BCUT2D eigenvalue weighted by atomic mass is 10.2. The summed E-state index contributed by atoms with van der Waals surface area (Å²) < 4.78 is 11.5. The van der Waals surface area contributed by atoms with Crippen LogP contribution in [0.3, 0.4) is 0 Å². The summed E-state index contributed by atoms with van der Waals surface area (Å²) in [6.07, 6.45) is 1.53. The van der Waals surface area contributed by atoms with Gasteiger partial charge in [0, 0.05) is 17.0 Å². The average Bonchev–Trinajstić information content (AvgIpc) is 2.32. The highest BCUT2D eigenvalue weighted by molar-refractivity contribution is 9.10. The van der Waals surface area contributed by atoms with Gasteiger partial charge in [0.15, 0.2) is 11.5 Å². The molecule has 18 heavy (non-hydrogen) atoms. The van der Waals surface area contributed by atoms with Crippen LogP contribution in [0.1, 0.15) is 19.4 Å². The molecule has 0 radical (unpaired) electrons. The summed E-state index contributed by atoms with van der Waals surface area (Å²) in [6.45, 7) is 3.85. The van der Waals surface area contributed by atoms with Crippen molar-refractivity contribution in [2.24, 2.45) is 5.10 Å². The Kier molecular flexibility index (Phi) is 5.64. The number of nitrogens with one attached hydrogen (secondary N) is 1. The lowest BCUT2D eigenvalue weighted by molar-refractivity contribution is -0.118. The Morgan fingerprint density at radius 2 is 2.22 bits per heavy atom. The van der Waals surface area contributed by atoms with E-state index in [0.717, 1.165) is 10.0 Å². The van der Waals surface area contributed by atoms with Gasteiger partial charge in [-0.05, 0) is 35.0 Å². The molecule has 0 aliphatic rings. The first kappa shape index (κ1) is 14.5. The summed E-state index contributed by atoms with van der Waals surface area (Å²) in [6, 6.07) is 3.58. The molecule has 1 N–H and O–H groups in total. The second-order valence-electron chi connectivity index (χ2n) is 3.38. The molecule has 0 fully saturated rings. The molecule has 1 aromatic rings. The molecule has 0 aliphatic carbocycles. The van der Waals surface area contributed by atoms with Crippen LogP contribution in [0.5, 0.6) is 11.5 Å². The Morgan fingerprint density at radius 1 is 1.50 bits per heavy atom. The molecule has 0 unspecified atom stereocenters. The van der Waals surface area contributed by atoms with Gasteiger partial charge in [-0.15, -0.1) is 0 Å². The standard InChI is InChI=1S/C12H15BrN2O3/c1-4-18-12-6-10(13)9(5-11(12)17-3)7-14-15-8(2)16/h5-7H,4H2,1-3H3,(H,15,16)/b14-7+. The van der Waals surface area contributed by atoms with Gasteiger partial charge in [-0.2, -0.15) is 5.10 Å². The smallest absolute Gasteiger partial charge is 0.236 e. The van der Waals surface area contributed by atoms with Crippen LogP contribution in [-0.2, 0) is 4.79 Å². The van der Waals surface area contributed by atoms with E-state index in [9.17, 15) is 4.79 Å². The fourth-order valence-corrected chi connectivity index (χ4v) is 1.70. The molecule has 0 atom stereocenters. The van der Waals surface area contributed by atoms with Crippen LogP contribution < -0.4 is 14.9 Å². The van der Waals surface area contributed by atoms with Gasteiger partial charge in [0.2, 0.25) is 5.91 Å². The fraction of sp³-hybridized carbons (Fsp3) is 0.333. The van der Waals surface area contributed by atoms with Crippen molar-refractivity contribution in [1.82, 2.24) is 5.43 Å². The third kappa shape index (κ3) is 4.03. The monoisotopic (exact) mass is 314 g/mol. The number of carbonyl (C=O) groups excluding carboxylic acids is 1. The number of carbonyl (C=O) groups is 1. The zero-order valence-electron chi connectivity index (χ0n) is 10.5. The Labute approximate surface area is 114 Å². The maximum Gasteiger partial charge on any atom is 0.236 e. The van der Waals surface area contributed by atoms with Gasteiger partial charge in [-0.25, -0.2) is 5.43 Å². The number of hydrogen-bond acceptors (Lipinski definition) is 4. The van der Waals surface area contributed by atoms with Gasteiger partial charge in [-0.1, -0.05) is 0 Å². The van der Waals surface area contributed by atoms with Gasteiger partial charge in [-0.3, -0.25) is 4.79 Å². The quantitative estimate of drug-likeness (QED) is 0.670. The second-order valence-corrected chi connectivity index (χ2v) is 4.24. The van der Waals surface area contributed by atoms with Crippen molar-refractivity contribution in [1.29, 1.82) is 0 Å². The number of rotatable bonds is 5. The predicted octanol–water partition coefficient (Wildman–Crippen LogP) is 2.33. The molecule has 0 spiro atoms. The van der Waals surface area contributed by atoms with Crippen LogP contribution in [0.2, 0.25) is 0 Å². The van der Waals surface area contributed by atoms with E-state index < -0.39 is 0 Å². The van der Waals surface area contributed by atoms with Crippen molar-refractivity contribution in [2.75, 3.05) is 13.7 Å². The van der Waals surface area contributed by atoms with Gasteiger partial charge < -0.3 is 9.47 Å². The van der Waals surface area contributed by atoms with E-state index in [1.807, 2.05) is 6.92 Å². The maximum atomic E-state index is 10.7. The molecule has 6 heteroatoms. The second kappa shape index (κ2) is 7.00. The molecule has 1 aromatic carbocycles. The Bertz CT molecular complexity index is 461. The number of hydrazone groups is 1. The van der Waals surface area contributed by atoms with Crippen molar-refractivity contribution in [2.45, 2.75) is 13.8 Å². The first-order valence-electron chi connectivity index (χ1n) is 5.38.